The molecule has 1 rings (SSSR count). The van der Waals surface area contributed by atoms with Crippen molar-refractivity contribution in [3.63, 3.8) is 0 Å². The Labute approximate surface area is 69.5 Å². The van der Waals surface area contributed by atoms with Crippen LogP contribution in [0.3, 0.4) is 0 Å². The molecule has 0 radical (unpaired) electrons. The van der Waals surface area contributed by atoms with Gasteiger partial charge in [0.2, 0.25) is 0 Å². The summed E-state index contributed by atoms with van der Waals surface area (Å²) in [6.45, 7) is 0.288. The summed E-state index contributed by atoms with van der Waals surface area (Å²) in [7, 11) is 0. The predicted octanol–water partition coefficient (Wildman–Crippen LogP) is 1.23. The van der Waals surface area contributed by atoms with Gasteiger partial charge in [-0.15, -0.1) is 0 Å². The van der Waals surface area contributed by atoms with E-state index in [1.165, 1.54) is 12.8 Å². The third-order valence-electron chi connectivity index (χ3n) is 2.06. The normalized spacial score (nSPS) is 24.7. The molecule has 54 valence electrons. The summed E-state index contributed by atoms with van der Waals surface area (Å²) >= 11 is 2.13. The molecule has 0 bridgehead atoms. The SMILES string of the molecule is OCC1(NI)CCCC1. The summed E-state index contributed by atoms with van der Waals surface area (Å²) in [5, 5.41) is 8.95. The first-order valence-electron chi connectivity index (χ1n) is 3.32. The molecule has 0 atom stereocenters. The second-order valence-corrected chi connectivity index (χ2v) is 3.28. The first kappa shape index (κ1) is 7.75. The molecule has 0 aliphatic heterocycles. The average molecular weight is 241 g/mol. The van der Waals surface area contributed by atoms with Crippen LogP contribution >= 0.6 is 22.9 Å². The molecule has 2 N–H and O–H groups in total. The highest BCUT2D eigenvalue weighted by Crippen LogP contribution is 2.29. The summed E-state index contributed by atoms with van der Waals surface area (Å²) in [6.07, 6.45) is 4.78. The smallest absolute Gasteiger partial charge is 0.0620 e. The number of hydrogen-bond acceptors (Lipinski definition) is 2. The Hall–Kier alpha value is 0.650. The van der Waals surface area contributed by atoms with Crippen molar-refractivity contribution in [3.8, 4) is 0 Å². The molecule has 0 saturated heterocycles. The fourth-order valence-electron chi connectivity index (χ4n) is 1.33. The molecule has 1 aliphatic carbocycles. The Morgan fingerprint density at radius 3 is 2.22 bits per heavy atom. The highest BCUT2D eigenvalue weighted by Gasteiger charge is 2.31. The van der Waals surface area contributed by atoms with Crippen LogP contribution in [-0.4, -0.2) is 17.3 Å². The van der Waals surface area contributed by atoms with E-state index in [1.807, 2.05) is 0 Å². The summed E-state index contributed by atoms with van der Waals surface area (Å²) in [5.74, 6) is 0. The number of nitrogens with one attached hydrogen (secondary N) is 1. The van der Waals surface area contributed by atoms with Crippen LogP contribution in [0.1, 0.15) is 25.7 Å². The molecule has 0 amide bonds. The Kier molecular flexibility index (Phi) is 2.73. The van der Waals surface area contributed by atoms with Crippen molar-refractivity contribution in [3.05, 3.63) is 0 Å². The quantitative estimate of drug-likeness (QED) is 0.563. The number of aliphatic hydroxyl groups is 1. The third-order valence-corrected chi connectivity index (χ3v) is 3.21. The minimum atomic E-state index is 0.0700. The lowest BCUT2D eigenvalue weighted by molar-refractivity contribution is 0.192. The van der Waals surface area contributed by atoms with Gasteiger partial charge < -0.3 is 5.11 Å². The number of aliphatic hydroxyl groups excluding tert-OH is 1. The van der Waals surface area contributed by atoms with Gasteiger partial charge in [0.05, 0.1) is 12.1 Å². The molecule has 1 fully saturated rings. The third kappa shape index (κ3) is 1.56. The maximum absolute atomic E-state index is 8.95. The molecule has 2 nitrogen and oxygen atoms in total. The molecule has 3 heteroatoms. The van der Waals surface area contributed by atoms with E-state index in [2.05, 4.69) is 26.4 Å². The van der Waals surface area contributed by atoms with Gasteiger partial charge in [-0.05, 0) is 12.8 Å². The summed E-state index contributed by atoms with van der Waals surface area (Å²) in [6, 6.07) is 0. The zero-order valence-corrected chi connectivity index (χ0v) is 7.52. The van der Waals surface area contributed by atoms with E-state index in [1.54, 1.807) is 0 Å². The zero-order valence-electron chi connectivity index (χ0n) is 5.36. The molecule has 0 aromatic heterocycles. The minimum absolute atomic E-state index is 0.0700. The van der Waals surface area contributed by atoms with Gasteiger partial charge in [-0.1, -0.05) is 12.8 Å². The molecular formula is C6H12INO. The van der Waals surface area contributed by atoms with Crippen molar-refractivity contribution in [2.45, 2.75) is 31.2 Å². The van der Waals surface area contributed by atoms with E-state index in [-0.39, 0.29) is 12.1 Å². The van der Waals surface area contributed by atoms with Gasteiger partial charge in [0.15, 0.2) is 0 Å². The van der Waals surface area contributed by atoms with E-state index < -0.39 is 0 Å². The van der Waals surface area contributed by atoms with Crippen LogP contribution in [-0.2, 0) is 0 Å². The average Bonchev–Trinajstić information content (AvgIpc) is 2.36. The fraction of sp³-hybridized carbons (Fsp3) is 1.00. The molecule has 0 spiro atoms. The molecule has 0 heterocycles. The van der Waals surface area contributed by atoms with E-state index in [0.29, 0.717) is 0 Å². The number of rotatable bonds is 2. The van der Waals surface area contributed by atoms with Crippen LogP contribution in [0, 0.1) is 0 Å². The van der Waals surface area contributed by atoms with Gasteiger partial charge in [0.25, 0.3) is 0 Å². The van der Waals surface area contributed by atoms with Crippen molar-refractivity contribution in [2.24, 2.45) is 0 Å². The first-order chi connectivity index (χ1) is 4.33. The van der Waals surface area contributed by atoms with Crippen LogP contribution in [0.5, 0.6) is 0 Å². The monoisotopic (exact) mass is 241 g/mol. The van der Waals surface area contributed by atoms with E-state index in [9.17, 15) is 0 Å². The van der Waals surface area contributed by atoms with Gasteiger partial charge in [-0.3, -0.25) is 3.53 Å². The maximum atomic E-state index is 8.95. The standard InChI is InChI=1S/C6H12INO/c7-8-6(5-9)3-1-2-4-6/h8-9H,1-5H2. The molecule has 9 heavy (non-hydrogen) atoms. The van der Waals surface area contributed by atoms with Gasteiger partial charge in [-0.25, -0.2) is 0 Å². The van der Waals surface area contributed by atoms with Gasteiger partial charge in [0, 0.05) is 22.9 Å². The Balaban J connectivity index is 2.45. The van der Waals surface area contributed by atoms with E-state index >= 15 is 0 Å². The Bertz CT molecular complexity index is 85.1. The highest BCUT2D eigenvalue weighted by atomic mass is 127. The van der Waals surface area contributed by atoms with Gasteiger partial charge in [-0.2, -0.15) is 0 Å². The summed E-state index contributed by atoms with van der Waals surface area (Å²) in [5.41, 5.74) is 0.0700. The van der Waals surface area contributed by atoms with Crippen LogP contribution in [0.25, 0.3) is 0 Å². The van der Waals surface area contributed by atoms with Crippen LogP contribution < -0.4 is 3.53 Å². The number of halogens is 1. The Morgan fingerprint density at radius 1 is 1.44 bits per heavy atom. The molecular weight excluding hydrogens is 229 g/mol. The zero-order chi connectivity index (χ0) is 6.74. The minimum Gasteiger partial charge on any atom is -0.394 e. The van der Waals surface area contributed by atoms with Gasteiger partial charge >= 0.3 is 0 Å². The van der Waals surface area contributed by atoms with Crippen LogP contribution in [0.2, 0.25) is 0 Å². The van der Waals surface area contributed by atoms with Crippen molar-refractivity contribution in [1.29, 1.82) is 0 Å². The first-order valence-corrected chi connectivity index (χ1v) is 4.39. The molecule has 0 aromatic carbocycles. The van der Waals surface area contributed by atoms with Crippen molar-refractivity contribution in [1.82, 2.24) is 3.53 Å². The van der Waals surface area contributed by atoms with Crippen molar-refractivity contribution >= 4 is 22.9 Å². The van der Waals surface area contributed by atoms with Crippen molar-refractivity contribution in [2.75, 3.05) is 6.61 Å². The largest absolute Gasteiger partial charge is 0.394 e. The van der Waals surface area contributed by atoms with Crippen LogP contribution in [0.15, 0.2) is 0 Å². The second-order valence-electron chi connectivity index (χ2n) is 2.74. The van der Waals surface area contributed by atoms with E-state index in [0.717, 1.165) is 12.8 Å². The molecule has 0 aromatic rings. The Morgan fingerprint density at radius 2 is 2.00 bits per heavy atom. The van der Waals surface area contributed by atoms with E-state index in [4.69, 9.17) is 5.11 Å². The topological polar surface area (TPSA) is 32.3 Å². The highest BCUT2D eigenvalue weighted by molar-refractivity contribution is 14.1. The predicted molar refractivity (Wildman–Crippen MR) is 45.4 cm³/mol. The van der Waals surface area contributed by atoms with Gasteiger partial charge in [0.1, 0.15) is 0 Å². The lowest BCUT2D eigenvalue weighted by atomic mass is 10.0. The lowest BCUT2D eigenvalue weighted by Gasteiger charge is -2.23. The fourth-order valence-corrected chi connectivity index (χ4v) is 2.04. The molecule has 1 aliphatic rings. The maximum Gasteiger partial charge on any atom is 0.0620 e. The second kappa shape index (κ2) is 3.16. The summed E-state index contributed by atoms with van der Waals surface area (Å²) < 4.78 is 3.15. The number of hydrogen-bond donors (Lipinski definition) is 2. The lowest BCUT2D eigenvalue weighted by Crippen LogP contribution is -2.40. The van der Waals surface area contributed by atoms with Crippen molar-refractivity contribution < 1.29 is 5.11 Å². The molecule has 0 unspecified atom stereocenters. The van der Waals surface area contributed by atoms with Crippen LogP contribution in [0.4, 0.5) is 0 Å². The summed E-state index contributed by atoms with van der Waals surface area (Å²) in [4.78, 5) is 0. The molecule has 1 saturated carbocycles.